The van der Waals surface area contributed by atoms with E-state index in [0.717, 1.165) is 32.7 Å². The van der Waals surface area contributed by atoms with Gasteiger partial charge in [-0.15, -0.1) is 11.3 Å². The zero-order chi connectivity index (χ0) is 27.3. The molecule has 1 heterocycles. The number of carboxylic acid groups (broad SMARTS) is 1. The number of likely N-dealkylation sites (N-methyl/N-ethyl adjacent to an activating group) is 1. The van der Waals surface area contributed by atoms with Gasteiger partial charge in [0, 0.05) is 6.54 Å². The molecule has 0 saturated heterocycles. The highest BCUT2D eigenvalue weighted by Gasteiger charge is 2.24. The van der Waals surface area contributed by atoms with Gasteiger partial charge in [0.05, 0.1) is 10.6 Å². The molecule has 0 aliphatic heterocycles. The number of benzene rings is 3. The Bertz CT molecular complexity index is 1390. The van der Waals surface area contributed by atoms with Crippen LogP contribution in [0.15, 0.2) is 90.3 Å². The van der Waals surface area contributed by atoms with E-state index in [9.17, 15) is 14.7 Å². The van der Waals surface area contributed by atoms with E-state index in [2.05, 4.69) is 29.6 Å². The summed E-state index contributed by atoms with van der Waals surface area (Å²) in [5.41, 5.74) is 5.02. The number of amides is 1. The van der Waals surface area contributed by atoms with Crippen LogP contribution in [0.3, 0.4) is 0 Å². The smallest absolute Gasteiger partial charge is 0.412 e. The summed E-state index contributed by atoms with van der Waals surface area (Å²) in [7, 11) is 1.83. The number of ether oxygens (including phenoxy) is 1. The number of hydrogen-bond acceptors (Lipinski definition) is 5. The van der Waals surface area contributed by atoms with Crippen LogP contribution in [0.4, 0.5) is 10.5 Å². The number of nitrogens with one attached hydrogen (secondary N) is 1. The van der Waals surface area contributed by atoms with Crippen molar-refractivity contribution in [2.24, 2.45) is 0 Å². The maximum Gasteiger partial charge on any atom is 0.412 e. The second-order valence-corrected chi connectivity index (χ2v) is 11.1. The Morgan fingerprint density at radius 3 is 2.26 bits per heavy atom. The summed E-state index contributed by atoms with van der Waals surface area (Å²) in [6.07, 6.45) is -0.480. The van der Waals surface area contributed by atoms with Gasteiger partial charge in [0.2, 0.25) is 0 Å². The number of thiophene rings is 1. The van der Waals surface area contributed by atoms with Crippen molar-refractivity contribution < 1.29 is 19.4 Å². The summed E-state index contributed by atoms with van der Waals surface area (Å²) in [5, 5.41) is 14.6. The highest BCUT2D eigenvalue weighted by molar-refractivity contribution is 7.14. The molecule has 0 unspecified atom stereocenters. The minimum Gasteiger partial charge on any atom is -0.480 e. The van der Waals surface area contributed by atoms with Crippen LogP contribution < -0.4 is 5.32 Å². The van der Waals surface area contributed by atoms with Crippen LogP contribution in [0.1, 0.15) is 37.9 Å². The van der Waals surface area contributed by atoms with Crippen LogP contribution >= 0.6 is 11.3 Å². The predicted octanol–water partition coefficient (Wildman–Crippen LogP) is 7.69. The highest BCUT2D eigenvalue weighted by atomic mass is 32.1. The third kappa shape index (κ3) is 6.88. The van der Waals surface area contributed by atoms with Crippen LogP contribution in [0.5, 0.6) is 0 Å². The molecule has 0 saturated carbocycles. The number of carbonyl (C=O) groups is 2. The second kappa shape index (κ2) is 11.6. The van der Waals surface area contributed by atoms with Crippen molar-refractivity contribution in [3.63, 3.8) is 0 Å². The van der Waals surface area contributed by atoms with E-state index in [0.29, 0.717) is 12.2 Å². The van der Waals surface area contributed by atoms with Gasteiger partial charge in [-0.1, -0.05) is 72.8 Å². The van der Waals surface area contributed by atoms with Crippen molar-refractivity contribution in [1.29, 1.82) is 0 Å². The second-order valence-electron chi connectivity index (χ2n) is 10.1. The molecular weight excluding hydrogens is 496 g/mol. The number of aliphatic carboxylic acids is 1. The van der Waals surface area contributed by atoms with Gasteiger partial charge in [-0.2, -0.15) is 0 Å². The molecule has 7 heteroatoms. The molecule has 38 heavy (non-hydrogen) atoms. The number of nitrogens with zero attached hydrogens (tertiary/aromatic N) is 1. The largest absolute Gasteiger partial charge is 0.480 e. The van der Waals surface area contributed by atoms with Crippen molar-refractivity contribution in [1.82, 2.24) is 4.90 Å². The fourth-order valence-electron chi connectivity index (χ4n) is 4.29. The topological polar surface area (TPSA) is 78.9 Å². The maximum absolute atomic E-state index is 12.3. The molecule has 3 aromatic carbocycles. The SMILES string of the molecule is CN(Cc1ccc(-c2cccc(-c3sccc3NC(=O)OC(C)(C)C)c2)cc1)[C@H](C(=O)O)c1ccccc1. The van der Waals surface area contributed by atoms with Gasteiger partial charge in [0.15, 0.2) is 0 Å². The van der Waals surface area contributed by atoms with E-state index in [1.54, 1.807) is 11.3 Å². The lowest BCUT2D eigenvalue weighted by atomic mass is 10.0. The van der Waals surface area contributed by atoms with Crippen LogP contribution in [0.25, 0.3) is 21.6 Å². The van der Waals surface area contributed by atoms with Crippen LogP contribution in [0.2, 0.25) is 0 Å². The Balaban J connectivity index is 1.49. The molecule has 1 amide bonds. The Hall–Kier alpha value is -3.94. The first-order valence-electron chi connectivity index (χ1n) is 12.4. The maximum atomic E-state index is 12.3. The summed E-state index contributed by atoms with van der Waals surface area (Å²) >= 11 is 1.56. The van der Waals surface area contributed by atoms with E-state index >= 15 is 0 Å². The Morgan fingerprint density at radius 2 is 1.61 bits per heavy atom. The molecule has 0 radical (unpaired) electrons. The number of rotatable bonds is 8. The molecule has 4 rings (SSSR count). The van der Waals surface area contributed by atoms with Crippen molar-refractivity contribution in [2.45, 2.75) is 39.0 Å². The van der Waals surface area contributed by atoms with Crippen molar-refractivity contribution in [3.05, 3.63) is 101 Å². The summed E-state index contributed by atoms with van der Waals surface area (Å²) in [5.74, 6) is -0.874. The molecule has 1 aromatic heterocycles. The lowest BCUT2D eigenvalue weighted by molar-refractivity contribution is -0.143. The fraction of sp³-hybridized carbons (Fsp3) is 0.226. The number of carbonyl (C=O) groups excluding carboxylic acids is 1. The zero-order valence-corrected chi connectivity index (χ0v) is 22.8. The van der Waals surface area contributed by atoms with Gasteiger partial charge >= 0.3 is 12.1 Å². The third-order valence-electron chi connectivity index (χ3n) is 5.93. The predicted molar refractivity (Wildman–Crippen MR) is 153 cm³/mol. The van der Waals surface area contributed by atoms with E-state index in [-0.39, 0.29) is 0 Å². The van der Waals surface area contributed by atoms with Gasteiger partial charge < -0.3 is 9.84 Å². The van der Waals surface area contributed by atoms with E-state index in [4.69, 9.17) is 4.74 Å². The van der Waals surface area contributed by atoms with Crippen LogP contribution in [0, 0.1) is 0 Å². The van der Waals surface area contributed by atoms with Gasteiger partial charge in [0.25, 0.3) is 0 Å². The van der Waals surface area contributed by atoms with E-state index in [1.807, 2.05) is 98.8 Å². The number of anilines is 1. The Kier molecular flexibility index (Phi) is 8.29. The number of hydrogen-bond donors (Lipinski definition) is 2. The first-order chi connectivity index (χ1) is 18.1. The first kappa shape index (κ1) is 27.1. The molecular formula is C31H32N2O4S. The summed E-state index contributed by atoms with van der Waals surface area (Å²) in [4.78, 5) is 27.1. The van der Waals surface area contributed by atoms with Gasteiger partial charge in [-0.05, 0) is 73.1 Å². The van der Waals surface area contributed by atoms with Gasteiger partial charge in [-0.25, -0.2) is 4.79 Å². The lowest BCUT2D eigenvalue weighted by Crippen LogP contribution is -2.30. The van der Waals surface area contributed by atoms with Crippen LogP contribution in [-0.2, 0) is 16.1 Å². The molecule has 1 atom stereocenters. The Morgan fingerprint density at radius 1 is 0.921 bits per heavy atom. The molecule has 6 nitrogen and oxygen atoms in total. The minimum atomic E-state index is -0.874. The molecule has 0 aliphatic carbocycles. The zero-order valence-electron chi connectivity index (χ0n) is 22.0. The van der Waals surface area contributed by atoms with Crippen molar-refractivity contribution >= 4 is 29.1 Å². The summed E-state index contributed by atoms with van der Waals surface area (Å²) in [6, 6.07) is 26.8. The highest BCUT2D eigenvalue weighted by Crippen LogP contribution is 2.36. The van der Waals surface area contributed by atoms with E-state index in [1.165, 1.54) is 0 Å². The lowest BCUT2D eigenvalue weighted by Gasteiger charge is -2.25. The average Bonchev–Trinajstić information content (AvgIpc) is 3.32. The van der Waals surface area contributed by atoms with Gasteiger partial charge in [0.1, 0.15) is 11.6 Å². The molecule has 0 fully saturated rings. The molecule has 0 aliphatic rings. The molecule has 2 N–H and O–H groups in total. The van der Waals surface area contributed by atoms with Crippen molar-refractivity contribution in [2.75, 3.05) is 12.4 Å². The monoisotopic (exact) mass is 528 g/mol. The van der Waals surface area contributed by atoms with Gasteiger partial charge in [-0.3, -0.25) is 15.0 Å². The first-order valence-corrected chi connectivity index (χ1v) is 13.2. The standard InChI is InChI=1S/C31H32N2O4S/c1-31(2,3)37-30(36)32-26-17-18-38-28(26)25-12-8-11-24(19-25)22-15-13-21(14-16-22)20-33(4)27(29(34)35)23-9-6-5-7-10-23/h5-19,27H,20H2,1-4H3,(H,32,36)(H,34,35)/t27-/m0/s1. The van der Waals surface area contributed by atoms with Crippen LogP contribution in [-0.4, -0.2) is 34.7 Å². The third-order valence-corrected chi connectivity index (χ3v) is 6.90. The molecule has 0 spiro atoms. The average molecular weight is 529 g/mol. The molecule has 0 bridgehead atoms. The van der Waals surface area contributed by atoms with Crippen molar-refractivity contribution in [3.8, 4) is 21.6 Å². The fourth-order valence-corrected chi connectivity index (χ4v) is 5.14. The number of carboxylic acids is 1. The molecule has 196 valence electrons. The Labute approximate surface area is 227 Å². The summed E-state index contributed by atoms with van der Waals surface area (Å²) in [6.45, 7) is 6.01. The normalized spacial score (nSPS) is 12.2. The summed E-state index contributed by atoms with van der Waals surface area (Å²) < 4.78 is 5.40. The minimum absolute atomic E-state index is 0.480. The quantitative estimate of drug-likeness (QED) is 0.245. The van der Waals surface area contributed by atoms with E-state index < -0.39 is 23.7 Å². The molecule has 4 aromatic rings.